The first-order valence-corrected chi connectivity index (χ1v) is 9.83. The Balaban J connectivity index is 1.51. The second kappa shape index (κ2) is 7.47. The summed E-state index contributed by atoms with van der Waals surface area (Å²) in [5, 5.41) is 6.99. The first kappa shape index (κ1) is 18.2. The van der Waals surface area contributed by atoms with E-state index < -0.39 is 0 Å². The number of aromatic nitrogens is 3. The van der Waals surface area contributed by atoms with Gasteiger partial charge in [-0.3, -0.25) is 14.0 Å². The molecule has 0 aliphatic carbocycles. The standard InChI is InChI=1S/C20H20N4O3S/c1-3-27-17-7-5-4-6-14(17)10-21-19(25)11-24-20(26)16-9-18-15(8-13(2)28-18)23(16)12-22-24/h4-9,12H,3,10-11H2,1-2H3,(H,21,25). The van der Waals surface area contributed by atoms with Gasteiger partial charge in [0.05, 0.1) is 16.8 Å². The largest absolute Gasteiger partial charge is 0.494 e. The third-order valence-corrected chi connectivity index (χ3v) is 5.44. The van der Waals surface area contributed by atoms with E-state index in [0.717, 1.165) is 21.5 Å². The lowest BCUT2D eigenvalue weighted by atomic mass is 10.2. The van der Waals surface area contributed by atoms with Gasteiger partial charge in [0.15, 0.2) is 0 Å². The number of ether oxygens (including phenoxy) is 1. The Bertz CT molecular complexity index is 1220. The Morgan fingerprint density at radius 1 is 1.25 bits per heavy atom. The van der Waals surface area contributed by atoms with Gasteiger partial charge in [-0.2, -0.15) is 5.10 Å². The number of hydrogen-bond donors (Lipinski definition) is 1. The Labute approximate surface area is 165 Å². The molecule has 28 heavy (non-hydrogen) atoms. The van der Waals surface area contributed by atoms with Crippen LogP contribution < -0.4 is 15.6 Å². The summed E-state index contributed by atoms with van der Waals surface area (Å²) in [4.78, 5) is 26.2. The predicted molar refractivity (Wildman–Crippen MR) is 109 cm³/mol. The fourth-order valence-electron chi connectivity index (χ4n) is 3.17. The number of hydrogen-bond acceptors (Lipinski definition) is 5. The maximum Gasteiger partial charge on any atom is 0.291 e. The number of nitrogens with one attached hydrogen (secondary N) is 1. The summed E-state index contributed by atoms with van der Waals surface area (Å²) in [6.45, 7) is 4.69. The van der Waals surface area contributed by atoms with Crippen LogP contribution >= 0.6 is 11.3 Å². The van der Waals surface area contributed by atoms with Crippen molar-refractivity contribution in [3.63, 3.8) is 0 Å². The van der Waals surface area contributed by atoms with E-state index >= 15 is 0 Å². The summed E-state index contributed by atoms with van der Waals surface area (Å²) in [5.41, 5.74) is 2.08. The number of amides is 1. The Morgan fingerprint density at radius 3 is 2.89 bits per heavy atom. The molecule has 1 N–H and O–H groups in total. The van der Waals surface area contributed by atoms with Crippen molar-refractivity contribution in [2.45, 2.75) is 26.9 Å². The van der Waals surface area contributed by atoms with Gasteiger partial charge in [-0.15, -0.1) is 11.3 Å². The van der Waals surface area contributed by atoms with Crippen molar-refractivity contribution in [3.8, 4) is 5.75 Å². The maximum atomic E-state index is 12.7. The molecule has 0 aliphatic heterocycles. The van der Waals surface area contributed by atoms with Gasteiger partial charge < -0.3 is 10.1 Å². The van der Waals surface area contributed by atoms with Crippen molar-refractivity contribution in [1.82, 2.24) is 19.5 Å². The van der Waals surface area contributed by atoms with E-state index in [1.165, 1.54) is 9.56 Å². The molecule has 1 amide bonds. The molecule has 4 rings (SSSR count). The molecule has 0 saturated heterocycles. The van der Waals surface area contributed by atoms with Crippen LogP contribution in [-0.4, -0.2) is 26.7 Å². The molecule has 0 fully saturated rings. The summed E-state index contributed by atoms with van der Waals surface area (Å²) in [5.74, 6) is 0.458. The third-order valence-electron chi connectivity index (χ3n) is 4.45. The second-order valence-corrected chi connectivity index (χ2v) is 7.71. The van der Waals surface area contributed by atoms with Crippen LogP contribution in [0.3, 0.4) is 0 Å². The topological polar surface area (TPSA) is 77.6 Å². The number of benzene rings is 1. The lowest BCUT2D eigenvalue weighted by Gasteiger charge is -2.11. The molecule has 0 radical (unpaired) electrons. The van der Waals surface area contributed by atoms with E-state index in [-0.39, 0.29) is 18.0 Å². The monoisotopic (exact) mass is 396 g/mol. The van der Waals surface area contributed by atoms with Crippen LogP contribution in [0.1, 0.15) is 17.4 Å². The zero-order valence-corrected chi connectivity index (χ0v) is 16.5. The van der Waals surface area contributed by atoms with Crippen LogP contribution in [0.25, 0.3) is 15.7 Å². The molecule has 0 spiro atoms. The molecule has 1 aromatic carbocycles. The quantitative estimate of drug-likeness (QED) is 0.544. The highest BCUT2D eigenvalue weighted by Crippen LogP contribution is 2.27. The zero-order chi connectivity index (χ0) is 19.7. The second-order valence-electron chi connectivity index (χ2n) is 6.42. The highest BCUT2D eigenvalue weighted by atomic mass is 32.1. The minimum Gasteiger partial charge on any atom is -0.494 e. The molecular weight excluding hydrogens is 376 g/mol. The lowest BCUT2D eigenvalue weighted by molar-refractivity contribution is -0.122. The number of rotatable bonds is 6. The summed E-state index contributed by atoms with van der Waals surface area (Å²) in [7, 11) is 0. The van der Waals surface area contributed by atoms with E-state index in [9.17, 15) is 9.59 Å². The number of para-hydroxylation sites is 1. The van der Waals surface area contributed by atoms with Crippen molar-refractivity contribution in [3.05, 3.63) is 63.5 Å². The van der Waals surface area contributed by atoms with E-state index in [4.69, 9.17) is 4.74 Å². The Kier molecular flexibility index (Phi) is 4.87. The molecule has 0 atom stereocenters. The van der Waals surface area contributed by atoms with Crippen molar-refractivity contribution in [2.75, 3.05) is 6.61 Å². The van der Waals surface area contributed by atoms with Gasteiger partial charge in [0.25, 0.3) is 5.56 Å². The molecule has 4 aromatic rings. The van der Waals surface area contributed by atoms with Gasteiger partial charge >= 0.3 is 0 Å². The van der Waals surface area contributed by atoms with Gasteiger partial charge in [0, 0.05) is 17.0 Å². The zero-order valence-electron chi connectivity index (χ0n) is 15.6. The minimum atomic E-state index is -0.284. The van der Waals surface area contributed by atoms with E-state index in [1.54, 1.807) is 22.1 Å². The molecule has 3 heterocycles. The maximum absolute atomic E-state index is 12.7. The van der Waals surface area contributed by atoms with Crippen LogP contribution in [-0.2, 0) is 17.9 Å². The molecule has 8 heteroatoms. The van der Waals surface area contributed by atoms with E-state index in [1.807, 2.05) is 50.2 Å². The van der Waals surface area contributed by atoms with Crippen LogP contribution in [0, 0.1) is 6.92 Å². The number of nitrogens with zero attached hydrogens (tertiary/aromatic N) is 3. The molecule has 144 valence electrons. The number of aryl methyl sites for hydroxylation is 1. The Morgan fingerprint density at radius 2 is 2.07 bits per heavy atom. The highest BCUT2D eigenvalue weighted by Gasteiger charge is 2.13. The van der Waals surface area contributed by atoms with Gasteiger partial charge in [0.1, 0.15) is 24.1 Å². The fourth-order valence-corrected chi connectivity index (χ4v) is 4.12. The van der Waals surface area contributed by atoms with Gasteiger partial charge in [-0.05, 0) is 32.0 Å². The van der Waals surface area contributed by atoms with Crippen molar-refractivity contribution in [1.29, 1.82) is 0 Å². The summed E-state index contributed by atoms with van der Waals surface area (Å²) >= 11 is 1.63. The molecule has 7 nitrogen and oxygen atoms in total. The summed E-state index contributed by atoms with van der Waals surface area (Å²) in [6.07, 6.45) is 1.59. The summed E-state index contributed by atoms with van der Waals surface area (Å²) in [6, 6.07) is 11.4. The molecule has 3 aromatic heterocycles. The molecule has 0 aliphatic rings. The van der Waals surface area contributed by atoms with Crippen LogP contribution in [0.15, 0.2) is 47.5 Å². The average molecular weight is 396 g/mol. The molecule has 0 unspecified atom stereocenters. The van der Waals surface area contributed by atoms with Crippen molar-refractivity contribution in [2.24, 2.45) is 0 Å². The SMILES string of the molecule is CCOc1ccccc1CNC(=O)Cn1ncn2c(cc3sc(C)cc32)c1=O. The van der Waals surface area contributed by atoms with Gasteiger partial charge in [0.2, 0.25) is 5.91 Å². The van der Waals surface area contributed by atoms with Gasteiger partial charge in [-0.25, -0.2) is 4.68 Å². The van der Waals surface area contributed by atoms with E-state index in [2.05, 4.69) is 10.4 Å². The van der Waals surface area contributed by atoms with Crippen molar-refractivity contribution >= 4 is 33.0 Å². The smallest absolute Gasteiger partial charge is 0.291 e. The number of thiophene rings is 1. The number of carbonyl (C=O) groups is 1. The molecular formula is C20H20N4O3S. The van der Waals surface area contributed by atoms with Crippen molar-refractivity contribution < 1.29 is 9.53 Å². The molecule has 0 saturated carbocycles. The average Bonchev–Trinajstić information content (AvgIpc) is 3.20. The number of fused-ring (bicyclic) bond motifs is 3. The number of carbonyl (C=O) groups excluding carboxylic acids is 1. The Hall–Kier alpha value is -3.13. The summed E-state index contributed by atoms with van der Waals surface area (Å²) < 4.78 is 9.56. The first-order chi connectivity index (χ1) is 13.6. The van der Waals surface area contributed by atoms with Crippen LogP contribution in [0.4, 0.5) is 0 Å². The predicted octanol–water partition coefficient (Wildman–Crippen LogP) is 2.73. The third kappa shape index (κ3) is 3.38. The van der Waals surface area contributed by atoms with Crippen LogP contribution in [0.2, 0.25) is 0 Å². The fraction of sp³-hybridized carbons (Fsp3) is 0.250. The van der Waals surface area contributed by atoms with Crippen LogP contribution in [0.5, 0.6) is 5.75 Å². The van der Waals surface area contributed by atoms with Gasteiger partial charge in [-0.1, -0.05) is 18.2 Å². The lowest BCUT2D eigenvalue weighted by Crippen LogP contribution is -2.34. The highest BCUT2D eigenvalue weighted by molar-refractivity contribution is 7.19. The first-order valence-electron chi connectivity index (χ1n) is 9.01. The molecule has 0 bridgehead atoms. The van der Waals surface area contributed by atoms with E-state index in [0.29, 0.717) is 18.7 Å². The normalized spacial score (nSPS) is 11.2. The minimum absolute atomic E-state index is 0.135.